The molecule has 2 aromatic heterocycles. The van der Waals surface area contributed by atoms with E-state index < -0.39 is 0 Å². The quantitative estimate of drug-likeness (QED) is 0.858. The molecule has 0 saturated heterocycles. The number of hydrogen-bond donors (Lipinski definition) is 1. The number of hydrogen-bond acceptors (Lipinski definition) is 3. The Labute approximate surface area is 95.3 Å². The molecule has 0 fully saturated rings. The molecule has 0 aliphatic carbocycles. The summed E-state index contributed by atoms with van der Waals surface area (Å²) in [4.78, 5) is 0. The summed E-state index contributed by atoms with van der Waals surface area (Å²) in [5, 5.41) is 7.63. The van der Waals surface area contributed by atoms with Gasteiger partial charge in [-0.05, 0) is 32.0 Å². The van der Waals surface area contributed by atoms with E-state index >= 15 is 0 Å². The van der Waals surface area contributed by atoms with E-state index in [1.54, 1.807) is 6.26 Å². The highest BCUT2D eigenvalue weighted by molar-refractivity contribution is 5.08. The molecule has 86 valence electrons. The zero-order valence-electron chi connectivity index (χ0n) is 9.84. The number of aromatic nitrogens is 2. The van der Waals surface area contributed by atoms with Gasteiger partial charge in [0.2, 0.25) is 0 Å². The lowest BCUT2D eigenvalue weighted by molar-refractivity contribution is 0.394. The molecule has 1 unspecified atom stereocenters. The van der Waals surface area contributed by atoms with Crippen LogP contribution in [0.15, 0.2) is 35.1 Å². The van der Waals surface area contributed by atoms with Crippen LogP contribution in [-0.2, 0) is 7.05 Å². The van der Waals surface area contributed by atoms with E-state index in [2.05, 4.69) is 24.3 Å². The average Bonchev–Trinajstić information content (AvgIpc) is 2.86. The Morgan fingerprint density at radius 3 is 2.69 bits per heavy atom. The second-order valence-electron chi connectivity index (χ2n) is 4.01. The van der Waals surface area contributed by atoms with Crippen molar-refractivity contribution in [1.29, 1.82) is 0 Å². The van der Waals surface area contributed by atoms with E-state index in [-0.39, 0.29) is 12.1 Å². The summed E-state index contributed by atoms with van der Waals surface area (Å²) in [6.07, 6.45) is 3.51. The van der Waals surface area contributed by atoms with Crippen LogP contribution in [0.4, 0.5) is 0 Å². The largest absolute Gasteiger partial charge is 0.468 e. The highest BCUT2D eigenvalue weighted by Crippen LogP contribution is 2.18. The van der Waals surface area contributed by atoms with Gasteiger partial charge < -0.3 is 4.42 Å². The van der Waals surface area contributed by atoms with Crippen LogP contribution in [0.2, 0.25) is 0 Å². The predicted molar refractivity (Wildman–Crippen MR) is 61.9 cm³/mol. The van der Waals surface area contributed by atoms with Gasteiger partial charge in [0.25, 0.3) is 0 Å². The van der Waals surface area contributed by atoms with Crippen molar-refractivity contribution in [1.82, 2.24) is 15.1 Å². The molecule has 16 heavy (non-hydrogen) atoms. The highest BCUT2D eigenvalue weighted by Gasteiger charge is 2.14. The molecule has 2 heterocycles. The van der Waals surface area contributed by atoms with Crippen LogP contribution in [0.25, 0.3) is 0 Å². The maximum Gasteiger partial charge on any atom is 0.120 e. The van der Waals surface area contributed by atoms with Crippen molar-refractivity contribution in [3.8, 4) is 0 Å². The molecular formula is C12H17N3O. The van der Waals surface area contributed by atoms with Crippen molar-refractivity contribution >= 4 is 0 Å². The average molecular weight is 219 g/mol. The van der Waals surface area contributed by atoms with Crippen LogP contribution in [0.1, 0.15) is 37.4 Å². The van der Waals surface area contributed by atoms with Crippen LogP contribution < -0.4 is 5.32 Å². The van der Waals surface area contributed by atoms with Crippen LogP contribution >= 0.6 is 0 Å². The summed E-state index contributed by atoms with van der Waals surface area (Å²) in [5.74, 6) is 0.953. The lowest BCUT2D eigenvalue weighted by Crippen LogP contribution is -2.23. The Hall–Kier alpha value is -1.55. The van der Waals surface area contributed by atoms with Gasteiger partial charge >= 0.3 is 0 Å². The summed E-state index contributed by atoms with van der Waals surface area (Å²) in [6, 6.07) is 6.34. The van der Waals surface area contributed by atoms with Gasteiger partial charge in [0.05, 0.1) is 18.0 Å². The van der Waals surface area contributed by atoms with Crippen molar-refractivity contribution < 1.29 is 4.42 Å². The van der Waals surface area contributed by atoms with Crippen molar-refractivity contribution in [2.75, 3.05) is 0 Å². The predicted octanol–water partition coefficient (Wildman–Crippen LogP) is 2.42. The zero-order valence-corrected chi connectivity index (χ0v) is 9.84. The molecule has 0 aromatic carbocycles. The molecule has 2 atom stereocenters. The summed E-state index contributed by atoms with van der Waals surface area (Å²) < 4.78 is 7.24. The van der Waals surface area contributed by atoms with E-state index in [9.17, 15) is 0 Å². The molecule has 2 rings (SSSR count). The van der Waals surface area contributed by atoms with Crippen LogP contribution in [0.5, 0.6) is 0 Å². The Kier molecular flexibility index (Phi) is 3.10. The fourth-order valence-corrected chi connectivity index (χ4v) is 1.89. The zero-order chi connectivity index (χ0) is 11.5. The molecular weight excluding hydrogens is 202 g/mol. The van der Waals surface area contributed by atoms with Gasteiger partial charge in [0.1, 0.15) is 5.76 Å². The molecule has 4 nitrogen and oxygen atoms in total. The molecule has 0 aliphatic rings. The van der Waals surface area contributed by atoms with E-state index in [4.69, 9.17) is 4.42 Å². The minimum atomic E-state index is 0.194. The van der Waals surface area contributed by atoms with E-state index in [0.29, 0.717) is 0 Å². The van der Waals surface area contributed by atoms with Crippen molar-refractivity contribution in [2.45, 2.75) is 25.9 Å². The summed E-state index contributed by atoms with van der Waals surface area (Å²) >= 11 is 0. The summed E-state index contributed by atoms with van der Waals surface area (Å²) in [7, 11) is 1.95. The third kappa shape index (κ3) is 2.17. The first-order valence-corrected chi connectivity index (χ1v) is 5.46. The Morgan fingerprint density at radius 2 is 2.12 bits per heavy atom. The van der Waals surface area contributed by atoms with Gasteiger partial charge in [-0.15, -0.1) is 0 Å². The van der Waals surface area contributed by atoms with Gasteiger partial charge in [0.15, 0.2) is 0 Å². The van der Waals surface area contributed by atoms with Gasteiger partial charge in [-0.1, -0.05) is 0 Å². The van der Waals surface area contributed by atoms with E-state index in [0.717, 1.165) is 5.76 Å². The number of nitrogens with zero attached hydrogens (tertiary/aromatic N) is 2. The number of furan rings is 1. The molecule has 0 bridgehead atoms. The second-order valence-corrected chi connectivity index (χ2v) is 4.01. The van der Waals surface area contributed by atoms with Gasteiger partial charge in [-0.25, -0.2) is 0 Å². The molecule has 1 N–H and O–H groups in total. The van der Waals surface area contributed by atoms with E-state index in [1.807, 2.05) is 36.1 Å². The normalized spacial score (nSPS) is 14.9. The van der Waals surface area contributed by atoms with Gasteiger partial charge in [-0.2, -0.15) is 5.10 Å². The number of aryl methyl sites for hydroxylation is 1. The van der Waals surface area contributed by atoms with E-state index in [1.165, 1.54) is 5.69 Å². The lowest BCUT2D eigenvalue weighted by Gasteiger charge is -2.18. The van der Waals surface area contributed by atoms with Crippen molar-refractivity contribution in [3.05, 3.63) is 42.1 Å². The third-order valence-corrected chi connectivity index (χ3v) is 2.77. The fourth-order valence-electron chi connectivity index (χ4n) is 1.89. The molecule has 0 radical (unpaired) electrons. The Balaban J connectivity index is 2.03. The summed E-state index contributed by atoms with van der Waals surface area (Å²) in [6.45, 7) is 4.21. The van der Waals surface area contributed by atoms with Gasteiger partial charge in [-0.3, -0.25) is 10.00 Å². The lowest BCUT2D eigenvalue weighted by atomic mass is 10.2. The standard InChI is InChI=1S/C12H17N3O/c1-9(11-6-7-13-15(11)3)14-10(2)12-5-4-8-16-12/h4-10,14H,1-3H3/t9?,10-/m1/s1. The Morgan fingerprint density at radius 1 is 1.31 bits per heavy atom. The SMILES string of the molecule is CC(N[C@H](C)c1ccco1)c1ccnn1C. The summed E-state index contributed by atoms with van der Waals surface area (Å²) in [5.41, 5.74) is 1.17. The first kappa shape index (κ1) is 11.0. The Bertz CT molecular complexity index is 433. The molecule has 2 aromatic rings. The van der Waals surface area contributed by atoms with Gasteiger partial charge in [0, 0.05) is 19.3 Å². The van der Waals surface area contributed by atoms with Crippen molar-refractivity contribution in [3.63, 3.8) is 0 Å². The number of nitrogens with one attached hydrogen (secondary N) is 1. The third-order valence-electron chi connectivity index (χ3n) is 2.77. The molecule has 4 heteroatoms. The first-order valence-electron chi connectivity index (χ1n) is 5.46. The smallest absolute Gasteiger partial charge is 0.120 e. The van der Waals surface area contributed by atoms with Crippen LogP contribution in [0.3, 0.4) is 0 Å². The first-order chi connectivity index (χ1) is 7.68. The fraction of sp³-hybridized carbons (Fsp3) is 0.417. The molecule has 0 aliphatic heterocycles. The van der Waals surface area contributed by atoms with Crippen molar-refractivity contribution in [2.24, 2.45) is 7.05 Å². The molecule has 0 amide bonds. The molecule has 0 spiro atoms. The van der Waals surface area contributed by atoms with Crippen LogP contribution in [-0.4, -0.2) is 9.78 Å². The monoisotopic (exact) mass is 219 g/mol. The number of rotatable bonds is 4. The molecule has 0 saturated carbocycles. The minimum Gasteiger partial charge on any atom is -0.468 e. The topological polar surface area (TPSA) is 43.0 Å². The highest BCUT2D eigenvalue weighted by atomic mass is 16.3. The maximum absolute atomic E-state index is 5.36. The maximum atomic E-state index is 5.36. The second kappa shape index (κ2) is 4.53. The minimum absolute atomic E-state index is 0.194. The van der Waals surface area contributed by atoms with Crippen LogP contribution in [0, 0.1) is 0 Å².